The van der Waals surface area contributed by atoms with Crippen molar-refractivity contribution in [1.29, 1.82) is 0 Å². The molecule has 0 radical (unpaired) electrons. The number of morpholine rings is 1. The van der Waals surface area contributed by atoms with E-state index in [0.717, 1.165) is 26.1 Å². The van der Waals surface area contributed by atoms with Gasteiger partial charge in [0.25, 0.3) is 11.7 Å². The molecule has 2 aromatic rings. The summed E-state index contributed by atoms with van der Waals surface area (Å²) < 4.78 is 16.1. The number of carbonyl (C=O) groups is 3. The van der Waals surface area contributed by atoms with Gasteiger partial charge in [0, 0.05) is 37.4 Å². The quantitative estimate of drug-likeness (QED) is 0.204. The first-order chi connectivity index (χ1) is 18.8. The minimum atomic E-state index is -0.810. The smallest absolute Gasteiger partial charge is 0.354 e. The summed E-state index contributed by atoms with van der Waals surface area (Å²) in [5, 5.41) is 11.6. The lowest BCUT2D eigenvalue weighted by molar-refractivity contribution is -0.140. The molecular weight excluding hydrogens is 502 g/mol. The lowest BCUT2D eigenvalue weighted by Crippen LogP contribution is -2.38. The van der Waals surface area contributed by atoms with Gasteiger partial charge >= 0.3 is 5.97 Å². The second kappa shape index (κ2) is 12.5. The third-order valence-electron chi connectivity index (χ3n) is 7.23. The van der Waals surface area contributed by atoms with Gasteiger partial charge in [0.15, 0.2) is 0 Å². The molecule has 0 aliphatic carbocycles. The van der Waals surface area contributed by atoms with Gasteiger partial charge in [0.05, 0.1) is 38.5 Å². The molecule has 3 heterocycles. The molecule has 1 unspecified atom stereocenters. The number of hydrogen-bond acceptors (Lipinski definition) is 8. The third kappa shape index (κ3) is 5.86. The summed E-state index contributed by atoms with van der Waals surface area (Å²) in [7, 11) is 1.27. The Morgan fingerprint density at radius 3 is 2.62 bits per heavy atom. The number of likely N-dealkylation sites (tertiary alicyclic amines) is 1. The molecule has 0 saturated carbocycles. The molecule has 2 saturated heterocycles. The second-order valence-corrected chi connectivity index (χ2v) is 9.84. The number of aliphatic hydroxyl groups excluding tert-OH is 1. The number of aliphatic hydroxyl groups is 1. The zero-order valence-electron chi connectivity index (χ0n) is 23.0. The van der Waals surface area contributed by atoms with Gasteiger partial charge in [0.2, 0.25) is 0 Å². The van der Waals surface area contributed by atoms with Crippen LogP contribution in [-0.4, -0.2) is 90.7 Å². The molecule has 2 aliphatic heterocycles. The van der Waals surface area contributed by atoms with Crippen LogP contribution in [0.25, 0.3) is 5.76 Å². The van der Waals surface area contributed by atoms with Gasteiger partial charge in [0.1, 0.15) is 17.2 Å². The number of rotatable bonds is 10. The first kappa shape index (κ1) is 28.4. The number of nitrogens with zero attached hydrogens (tertiary/aromatic N) is 2. The molecule has 4 rings (SSSR count). The van der Waals surface area contributed by atoms with E-state index in [-0.39, 0.29) is 17.0 Å². The van der Waals surface area contributed by atoms with Crippen molar-refractivity contribution in [3.8, 4) is 5.75 Å². The number of H-pyrrole nitrogens is 1. The van der Waals surface area contributed by atoms with Gasteiger partial charge in [-0.25, -0.2) is 4.79 Å². The zero-order chi connectivity index (χ0) is 28.1. The second-order valence-electron chi connectivity index (χ2n) is 9.84. The molecule has 2 fully saturated rings. The number of carbonyl (C=O) groups excluding carboxylic acids is 3. The number of Topliss-reactive ketones (excluding diaryl/α,β-unsaturated/α-hetero) is 1. The van der Waals surface area contributed by atoms with Crippen LogP contribution >= 0.6 is 0 Å². The molecular formula is C29H37N3O7. The van der Waals surface area contributed by atoms with E-state index in [1.54, 1.807) is 13.8 Å². The van der Waals surface area contributed by atoms with E-state index in [0.29, 0.717) is 60.9 Å². The number of aromatic amines is 1. The lowest BCUT2D eigenvalue weighted by Gasteiger charge is -2.29. The first-order valence-electron chi connectivity index (χ1n) is 13.4. The number of amides is 1. The van der Waals surface area contributed by atoms with Crippen molar-refractivity contribution < 1.29 is 33.7 Å². The maximum Gasteiger partial charge on any atom is 0.354 e. The number of methoxy groups -OCH3 is 1. The fourth-order valence-electron chi connectivity index (χ4n) is 5.29. The van der Waals surface area contributed by atoms with Crippen molar-refractivity contribution in [3.63, 3.8) is 0 Å². The number of benzene rings is 1. The predicted molar refractivity (Wildman–Crippen MR) is 145 cm³/mol. The van der Waals surface area contributed by atoms with Crippen LogP contribution in [0.5, 0.6) is 5.75 Å². The van der Waals surface area contributed by atoms with Crippen molar-refractivity contribution in [3.05, 3.63) is 57.9 Å². The van der Waals surface area contributed by atoms with E-state index in [4.69, 9.17) is 14.2 Å². The normalized spacial score (nSPS) is 19.5. The van der Waals surface area contributed by atoms with Gasteiger partial charge in [-0.3, -0.25) is 14.5 Å². The SMILES string of the molecule is CCCOc1cccc(C2C(=C(O)c3c(C)[nH]c(C(=O)OC)c3C)C(=O)C(=O)N2CCCN2CCOCC2)c1. The highest BCUT2D eigenvalue weighted by Gasteiger charge is 2.46. The molecule has 1 aromatic heterocycles. The van der Waals surface area contributed by atoms with Crippen LogP contribution < -0.4 is 4.74 Å². The number of nitrogens with one attached hydrogen (secondary N) is 1. The van der Waals surface area contributed by atoms with E-state index in [9.17, 15) is 19.5 Å². The number of ether oxygens (including phenoxy) is 3. The molecule has 0 spiro atoms. The topological polar surface area (TPSA) is 121 Å². The number of aromatic nitrogens is 1. The molecule has 210 valence electrons. The molecule has 10 nitrogen and oxygen atoms in total. The minimum absolute atomic E-state index is 0.0133. The van der Waals surface area contributed by atoms with Crippen LogP contribution in [0.15, 0.2) is 29.8 Å². The highest BCUT2D eigenvalue weighted by Crippen LogP contribution is 2.41. The Morgan fingerprint density at radius 2 is 1.92 bits per heavy atom. The van der Waals surface area contributed by atoms with E-state index in [1.807, 2.05) is 31.2 Å². The highest BCUT2D eigenvalue weighted by molar-refractivity contribution is 6.46. The molecule has 10 heteroatoms. The van der Waals surface area contributed by atoms with E-state index < -0.39 is 23.7 Å². The first-order valence-corrected chi connectivity index (χ1v) is 13.4. The summed E-state index contributed by atoms with van der Waals surface area (Å²) in [6, 6.07) is 6.47. The number of esters is 1. The maximum absolute atomic E-state index is 13.5. The standard InChI is InChI=1S/C29H37N3O7/c1-5-14-39-21-9-6-8-20(17-21)25-23(26(33)22-18(2)24(29(36)37-4)30-19(22)3)27(34)28(35)32(25)11-7-10-31-12-15-38-16-13-31/h6,8-9,17,25,30,33H,5,7,10-16H2,1-4H3. The van der Waals surface area contributed by atoms with Gasteiger partial charge in [-0.05, 0) is 49.9 Å². The molecule has 39 heavy (non-hydrogen) atoms. The van der Waals surface area contributed by atoms with Gasteiger partial charge in [-0.1, -0.05) is 19.1 Å². The Labute approximate surface area is 228 Å². The minimum Gasteiger partial charge on any atom is -0.507 e. The Kier molecular flexibility index (Phi) is 9.08. The molecule has 1 atom stereocenters. The Balaban J connectivity index is 1.76. The monoisotopic (exact) mass is 539 g/mol. The largest absolute Gasteiger partial charge is 0.507 e. The van der Waals surface area contributed by atoms with E-state index >= 15 is 0 Å². The third-order valence-corrected chi connectivity index (χ3v) is 7.23. The van der Waals surface area contributed by atoms with Crippen molar-refractivity contribution >= 4 is 23.4 Å². The van der Waals surface area contributed by atoms with Crippen molar-refractivity contribution in [2.75, 3.05) is 53.1 Å². The Morgan fingerprint density at radius 1 is 1.18 bits per heavy atom. The van der Waals surface area contributed by atoms with Crippen molar-refractivity contribution in [2.45, 2.75) is 39.7 Å². The average molecular weight is 540 g/mol. The van der Waals surface area contributed by atoms with Crippen LogP contribution in [0.1, 0.15) is 58.7 Å². The van der Waals surface area contributed by atoms with Crippen LogP contribution in [0.4, 0.5) is 0 Å². The Bertz CT molecular complexity index is 1260. The lowest BCUT2D eigenvalue weighted by atomic mass is 9.94. The fraction of sp³-hybridized carbons (Fsp3) is 0.483. The van der Waals surface area contributed by atoms with Crippen molar-refractivity contribution in [2.24, 2.45) is 0 Å². The summed E-state index contributed by atoms with van der Waals surface area (Å²) in [5.74, 6) is -1.72. The van der Waals surface area contributed by atoms with E-state index in [2.05, 4.69) is 9.88 Å². The highest BCUT2D eigenvalue weighted by atomic mass is 16.5. The van der Waals surface area contributed by atoms with Crippen LogP contribution in [0.3, 0.4) is 0 Å². The van der Waals surface area contributed by atoms with Crippen LogP contribution in [0, 0.1) is 13.8 Å². The molecule has 2 aliphatic rings. The summed E-state index contributed by atoms with van der Waals surface area (Å²) in [4.78, 5) is 45.9. The number of ketones is 1. The number of hydrogen-bond donors (Lipinski definition) is 2. The molecule has 2 N–H and O–H groups in total. The van der Waals surface area contributed by atoms with Crippen LogP contribution in [-0.2, 0) is 19.1 Å². The van der Waals surface area contributed by atoms with Gasteiger partial charge in [-0.2, -0.15) is 0 Å². The fourth-order valence-corrected chi connectivity index (χ4v) is 5.29. The average Bonchev–Trinajstić information content (AvgIpc) is 3.39. The number of aryl methyl sites for hydroxylation is 1. The van der Waals surface area contributed by atoms with E-state index in [1.165, 1.54) is 12.0 Å². The van der Waals surface area contributed by atoms with Crippen molar-refractivity contribution in [1.82, 2.24) is 14.8 Å². The van der Waals surface area contributed by atoms with Gasteiger partial charge in [-0.15, -0.1) is 0 Å². The summed E-state index contributed by atoms with van der Waals surface area (Å²) in [6.07, 6.45) is 1.49. The maximum atomic E-state index is 13.5. The zero-order valence-corrected chi connectivity index (χ0v) is 23.0. The predicted octanol–water partition coefficient (Wildman–Crippen LogP) is 3.35. The summed E-state index contributed by atoms with van der Waals surface area (Å²) in [6.45, 7) is 10.0. The molecule has 0 bridgehead atoms. The summed E-state index contributed by atoms with van der Waals surface area (Å²) in [5.41, 5.74) is 2.07. The van der Waals surface area contributed by atoms with Crippen LogP contribution in [0.2, 0.25) is 0 Å². The Hall–Kier alpha value is -3.63. The molecule has 1 aromatic carbocycles. The summed E-state index contributed by atoms with van der Waals surface area (Å²) >= 11 is 0. The van der Waals surface area contributed by atoms with Gasteiger partial charge < -0.3 is 29.2 Å². The molecule has 1 amide bonds.